The monoisotopic (exact) mass is 434 g/mol. The number of benzene rings is 2. The largest absolute Gasteiger partial charge is 0.505 e. The Hall–Kier alpha value is -3.78. The summed E-state index contributed by atoms with van der Waals surface area (Å²) in [6, 6.07) is 16.6. The van der Waals surface area contributed by atoms with E-state index in [9.17, 15) is 14.7 Å². The molecular formula is C23H18N2O5S. The van der Waals surface area contributed by atoms with Crippen molar-refractivity contribution >= 4 is 27.5 Å². The number of ether oxygens (including phenoxy) is 2. The number of hydrogen-bond acceptors (Lipinski definition) is 6. The van der Waals surface area contributed by atoms with Crippen LogP contribution in [0.4, 0.5) is 0 Å². The SMILES string of the molecule is O=C(NCc1ccc2c(c1)OCO2)c1c(O)c2sccc2n(Cc2ccccc2)c1=O. The Morgan fingerprint density at radius 2 is 1.87 bits per heavy atom. The van der Waals surface area contributed by atoms with Crippen molar-refractivity contribution < 1.29 is 19.4 Å². The second kappa shape index (κ2) is 7.81. The Labute approximate surface area is 181 Å². The smallest absolute Gasteiger partial charge is 0.268 e. The molecule has 8 heteroatoms. The minimum Gasteiger partial charge on any atom is -0.505 e. The lowest BCUT2D eigenvalue weighted by atomic mass is 10.1. The third-order valence-electron chi connectivity index (χ3n) is 5.15. The van der Waals surface area contributed by atoms with Gasteiger partial charge in [0.25, 0.3) is 11.5 Å². The van der Waals surface area contributed by atoms with E-state index in [-0.39, 0.29) is 24.7 Å². The highest BCUT2D eigenvalue weighted by atomic mass is 32.1. The molecule has 7 nitrogen and oxygen atoms in total. The topological polar surface area (TPSA) is 89.8 Å². The number of amides is 1. The highest BCUT2D eigenvalue weighted by Gasteiger charge is 2.23. The van der Waals surface area contributed by atoms with E-state index in [0.29, 0.717) is 28.3 Å². The van der Waals surface area contributed by atoms with Crippen LogP contribution in [0.15, 0.2) is 64.8 Å². The number of nitrogens with zero attached hydrogens (tertiary/aromatic N) is 1. The van der Waals surface area contributed by atoms with E-state index < -0.39 is 11.5 Å². The molecule has 1 aliphatic rings. The molecule has 0 saturated heterocycles. The summed E-state index contributed by atoms with van der Waals surface area (Å²) in [5.41, 5.74) is 1.53. The number of pyridine rings is 1. The van der Waals surface area contributed by atoms with E-state index in [1.54, 1.807) is 23.6 Å². The molecule has 31 heavy (non-hydrogen) atoms. The molecule has 0 fully saturated rings. The molecule has 2 aromatic heterocycles. The number of nitrogens with one attached hydrogen (secondary N) is 1. The van der Waals surface area contributed by atoms with Gasteiger partial charge in [-0.25, -0.2) is 0 Å². The number of carbonyl (C=O) groups excluding carboxylic acids is 1. The van der Waals surface area contributed by atoms with Crippen LogP contribution in [0.25, 0.3) is 10.2 Å². The van der Waals surface area contributed by atoms with Crippen molar-refractivity contribution in [2.75, 3.05) is 6.79 Å². The molecule has 1 aliphatic heterocycles. The standard InChI is InChI=1S/C23H18N2O5S/c26-20-19(22(27)24-11-15-6-7-17-18(10-15)30-13-29-17)23(28)25(16-8-9-31-21(16)20)12-14-4-2-1-3-5-14/h1-10,26H,11-13H2,(H,24,27). The number of aromatic nitrogens is 1. The number of aromatic hydroxyl groups is 1. The molecule has 0 atom stereocenters. The first kappa shape index (κ1) is 19.2. The van der Waals surface area contributed by atoms with Crippen molar-refractivity contribution in [1.29, 1.82) is 0 Å². The minimum atomic E-state index is -0.628. The summed E-state index contributed by atoms with van der Waals surface area (Å²) in [6.07, 6.45) is 0. The predicted octanol–water partition coefficient (Wildman–Crippen LogP) is 3.48. The first-order valence-corrected chi connectivity index (χ1v) is 10.5. The molecule has 2 N–H and O–H groups in total. The maximum absolute atomic E-state index is 13.2. The van der Waals surface area contributed by atoms with E-state index in [2.05, 4.69) is 5.32 Å². The van der Waals surface area contributed by atoms with Crippen LogP contribution < -0.4 is 20.3 Å². The highest BCUT2D eigenvalue weighted by Crippen LogP contribution is 2.33. The normalized spacial score (nSPS) is 12.3. The molecule has 5 rings (SSSR count). The van der Waals surface area contributed by atoms with Crippen LogP contribution in [0.1, 0.15) is 21.5 Å². The number of rotatable bonds is 5. The van der Waals surface area contributed by atoms with Crippen molar-refractivity contribution in [3.05, 3.63) is 87.0 Å². The summed E-state index contributed by atoms with van der Waals surface area (Å²) < 4.78 is 12.7. The fourth-order valence-corrected chi connectivity index (χ4v) is 4.45. The lowest BCUT2D eigenvalue weighted by Crippen LogP contribution is -2.33. The Bertz CT molecular complexity index is 1340. The molecule has 0 bridgehead atoms. The van der Waals surface area contributed by atoms with Crippen molar-refractivity contribution in [3.8, 4) is 17.2 Å². The van der Waals surface area contributed by atoms with Crippen LogP contribution in [0.5, 0.6) is 17.2 Å². The van der Waals surface area contributed by atoms with Gasteiger partial charge in [0.15, 0.2) is 17.2 Å². The molecule has 0 spiro atoms. The third kappa shape index (κ3) is 3.51. The summed E-state index contributed by atoms with van der Waals surface area (Å²) >= 11 is 1.29. The van der Waals surface area contributed by atoms with Gasteiger partial charge >= 0.3 is 0 Å². The molecule has 0 unspecified atom stereocenters. The maximum atomic E-state index is 13.2. The van der Waals surface area contributed by atoms with Crippen molar-refractivity contribution in [2.45, 2.75) is 13.1 Å². The van der Waals surface area contributed by atoms with Crippen LogP contribution >= 0.6 is 11.3 Å². The number of thiophene rings is 1. The van der Waals surface area contributed by atoms with Gasteiger partial charge in [-0.1, -0.05) is 36.4 Å². The van der Waals surface area contributed by atoms with E-state index in [4.69, 9.17) is 9.47 Å². The van der Waals surface area contributed by atoms with Gasteiger partial charge in [0.1, 0.15) is 5.56 Å². The highest BCUT2D eigenvalue weighted by molar-refractivity contribution is 7.17. The molecule has 1 amide bonds. The molecule has 156 valence electrons. The van der Waals surface area contributed by atoms with Crippen LogP contribution in [0.3, 0.4) is 0 Å². The minimum absolute atomic E-state index is 0.167. The molecule has 0 aliphatic carbocycles. The summed E-state index contributed by atoms with van der Waals surface area (Å²) in [4.78, 5) is 26.2. The van der Waals surface area contributed by atoms with E-state index in [0.717, 1.165) is 11.1 Å². The van der Waals surface area contributed by atoms with Crippen LogP contribution in [0.2, 0.25) is 0 Å². The average Bonchev–Trinajstić information content (AvgIpc) is 3.45. The van der Waals surface area contributed by atoms with Gasteiger partial charge in [-0.3, -0.25) is 9.59 Å². The Balaban J connectivity index is 1.47. The van der Waals surface area contributed by atoms with Gasteiger partial charge in [0.2, 0.25) is 6.79 Å². The molecule has 4 aromatic rings. The fourth-order valence-electron chi connectivity index (χ4n) is 3.60. The van der Waals surface area contributed by atoms with Gasteiger partial charge in [-0.2, -0.15) is 0 Å². The zero-order chi connectivity index (χ0) is 21.4. The molecule has 0 radical (unpaired) electrons. The first-order chi connectivity index (χ1) is 15.1. The van der Waals surface area contributed by atoms with E-state index >= 15 is 0 Å². The Kier molecular flexibility index (Phi) is 4.83. The van der Waals surface area contributed by atoms with Crippen molar-refractivity contribution in [1.82, 2.24) is 9.88 Å². The van der Waals surface area contributed by atoms with Gasteiger partial charge in [0.05, 0.1) is 16.8 Å². The van der Waals surface area contributed by atoms with E-state index in [1.165, 1.54) is 15.9 Å². The second-order valence-corrected chi connectivity index (χ2v) is 8.02. The zero-order valence-electron chi connectivity index (χ0n) is 16.3. The Morgan fingerprint density at radius 1 is 1.06 bits per heavy atom. The fraction of sp³-hybridized carbons (Fsp3) is 0.130. The maximum Gasteiger partial charge on any atom is 0.268 e. The molecular weight excluding hydrogens is 416 g/mol. The first-order valence-electron chi connectivity index (χ1n) is 9.65. The quantitative estimate of drug-likeness (QED) is 0.502. The third-order valence-corrected chi connectivity index (χ3v) is 6.06. The molecule has 3 heterocycles. The van der Waals surface area contributed by atoms with Crippen LogP contribution in [-0.4, -0.2) is 22.4 Å². The Morgan fingerprint density at radius 3 is 2.71 bits per heavy atom. The van der Waals surface area contributed by atoms with Gasteiger partial charge in [-0.05, 0) is 34.7 Å². The summed E-state index contributed by atoms with van der Waals surface area (Å²) in [5, 5.41) is 15.2. The van der Waals surface area contributed by atoms with Gasteiger partial charge in [0, 0.05) is 6.54 Å². The van der Waals surface area contributed by atoms with Crippen LogP contribution in [-0.2, 0) is 13.1 Å². The lowest BCUT2D eigenvalue weighted by molar-refractivity contribution is 0.0946. The lowest BCUT2D eigenvalue weighted by Gasteiger charge is -2.13. The second-order valence-electron chi connectivity index (χ2n) is 7.11. The number of fused-ring (bicyclic) bond motifs is 2. The zero-order valence-corrected chi connectivity index (χ0v) is 17.1. The van der Waals surface area contributed by atoms with Crippen LogP contribution in [0, 0.1) is 0 Å². The van der Waals surface area contributed by atoms with E-state index in [1.807, 2.05) is 36.4 Å². The average molecular weight is 434 g/mol. The summed E-state index contributed by atoms with van der Waals surface area (Å²) in [6.45, 7) is 0.645. The van der Waals surface area contributed by atoms with Gasteiger partial charge in [-0.15, -0.1) is 11.3 Å². The summed E-state index contributed by atoms with van der Waals surface area (Å²) in [7, 11) is 0. The summed E-state index contributed by atoms with van der Waals surface area (Å²) in [5.74, 6) is 0.347. The van der Waals surface area contributed by atoms with Crippen molar-refractivity contribution in [2.24, 2.45) is 0 Å². The number of carbonyl (C=O) groups is 1. The van der Waals surface area contributed by atoms with Crippen molar-refractivity contribution in [3.63, 3.8) is 0 Å². The van der Waals surface area contributed by atoms with Gasteiger partial charge < -0.3 is 24.5 Å². The molecule has 0 saturated carbocycles. The molecule has 2 aromatic carbocycles. The predicted molar refractivity (Wildman–Crippen MR) is 117 cm³/mol. The number of hydrogen-bond donors (Lipinski definition) is 2.